The highest BCUT2D eigenvalue weighted by Gasteiger charge is 2.19. The van der Waals surface area contributed by atoms with Crippen LogP contribution in [0.2, 0.25) is 0 Å². The lowest BCUT2D eigenvalue weighted by Crippen LogP contribution is -2.43. The molecule has 0 heterocycles. The van der Waals surface area contributed by atoms with Crippen molar-refractivity contribution in [3.63, 3.8) is 0 Å². The van der Waals surface area contributed by atoms with Gasteiger partial charge in [-0.25, -0.2) is 4.79 Å². The number of ether oxygens (including phenoxy) is 2. The fraction of sp³-hybridized carbons (Fsp3) is 0.429. The van der Waals surface area contributed by atoms with E-state index in [1.807, 2.05) is 6.26 Å². The lowest BCUT2D eigenvalue weighted by Gasteiger charge is -2.15. The summed E-state index contributed by atoms with van der Waals surface area (Å²) < 4.78 is 10.4. The van der Waals surface area contributed by atoms with Gasteiger partial charge in [0.15, 0.2) is 18.1 Å². The van der Waals surface area contributed by atoms with Crippen LogP contribution >= 0.6 is 11.8 Å². The van der Waals surface area contributed by atoms with E-state index in [1.54, 1.807) is 24.3 Å². The van der Waals surface area contributed by atoms with Gasteiger partial charge in [0, 0.05) is 0 Å². The number of carboxylic acids is 1. The zero-order valence-electron chi connectivity index (χ0n) is 12.0. The number of methoxy groups -OCH3 is 1. The zero-order valence-corrected chi connectivity index (χ0v) is 12.8. The van der Waals surface area contributed by atoms with Crippen molar-refractivity contribution < 1.29 is 24.2 Å². The molecule has 0 saturated heterocycles. The third-order valence-corrected chi connectivity index (χ3v) is 3.32. The molecule has 1 amide bonds. The van der Waals surface area contributed by atoms with Gasteiger partial charge in [0.1, 0.15) is 6.04 Å². The first-order chi connectivity index (χ1) is 10.1. The number of amides is 1. The van der Waals surface area contributed by atoms with Crippen molar-refractivity contribution in [2.45, 2.75) is 12.5 Å². The number of carbonyl (C=O) groups excluding carboxylic acids is 1. The molecule has 0 aliphatic rings. The van der Waals surface area contributed by atoms with Crippen LogP contribution in [0.1, 0.15) is 6.42 Å². The number of nitrogens with one attached hydrogen (secondary N) is 1. The second-order valence-corrected chi connectivity index (χ2v) is 5.16. The molecule has 116 valence electrons. The molecule has 0 spiro atoms. The van der Waals surface area contributed by atoms with Gasteiger partial charge in [0.25, 0.3) is 5.91 Å². The van der Waals surface area contributed by atoms with Gasteiger partial charge in [-0.3, -0.25) is 4.79 Å². The van der Waals surface area contributed by atoms with Crippen molar-refractivity contribution in [2.75, 3.05) is 25.7 Å². The number of carbonyl (C=O) groups is 2. The normalized spacial score (nSPS) is 11.5. The molecule has 0 aliphatic heterocycles. The van der Waals surface area contributed by atoms with Gasteiger partial charge < -0.3 is 19.9 Å². The minimum atomic E-state index is -1.05. The third-order valence-electron chi connectivity index (χ3n) is 2.67. The highest BCUT2D eigenvalue weighted by atomic mass is 32.2. The summed E-state index contributed by atoms with van der Waals surface area (Å²) in [7, 11) is 1.51. The first kappa shape index (κ1) is 17.2. The Kier molecular flexibility index (Phi) is 7.45. The van der Waals surface area contributed by atoms with E-state index in [0.29, 0.717) is 23.7 Å². The van der Waals surface area contributed by atoms with Crippen LogP contribution in [0.3, 0.4) is 0 Å². The molecule has 0 radical (unpaired) electrons. The molecule has 6 nitrogen and oxygen atoms in total. The molecule has 1 rings (SSSR count). The van der Waals surface area contributed by atoms with Crippen LogP contribution in [0.4, 0.5) is 0 Å². The predicted octanol–water partition coefficient (Wildman–Crippen LogP) is 1.40. The van der Waals surface area contributed by atoms with Crippen molar-refractivity contribution in [3.8, 4) is 11.5 Å². The average molecular weight is 313 g/mol. The number of rotatable bonds is 9. The van der Waals surface area contributed by atoms with Crippen molar-refractivity contribution in [1.82, 2.24) is 5.32 Å². The highest BCUT2D eigenvalue weighted by Crippen LogP contribution is 2.25. The van der Waals surface area contributed by atoms with E-state index in [-0.39, 0.29) is 6.61 Å². The summed E-state index contributed by atoms with van der Waals surface area (Å²) in [5.41, 5.74) is 0. The van der Waals surface area contributed by atoms with E-state index in [1.165, 1.54) is 18.9 Å². The molecule has 2 N–H and O–H groups in total. The molecular formula is C14H19NO5S. The molecule has 1 atom stereocenters. The van der Waals surface area contributed by atoms with Crippen LogP contribution in [0.5, 0.6) is 11.5 Å². The van der Waals surface area contributed by atoms with Crippen molar-refractivity contribution >= 4 is 23.6 Å². The molecule has 1 aromatic rings. The van der Waals surface area contributed by atoms with E-state index in [4.69, 9.17) is 14.6 Å². The van der Waals surface area contributed by atoms with Crippen molar-refractivity contribution in [3.05, 3.63) is 24.3 Å². The number of benzene rings is 1. The van der Waals surface area contributed by atoms with E-state index < -0.39 is 17.9 Å². The molecule has 0 aliphatic carbocycles. The SMILES string of the molecule is COc1ccccc1OCC(=O)NC(CCSC)C(=O)O. The summed E-state index contributed by atoms with van der Waals surface area (Å²) in [6.45, 7) is -0.260. The topological polar surface area (TPSA) is 84.9 Å². The van der Waals surface area contributed by atoms with Crippen LogP contribution in [0.15, 0.2) is 24.3 Å². The Morgan fingerprint density at radius 1 is 1.33 bits per heavy atom. The predicted molar refractivity (Wildman–Crippen MR) is 81.1 cm³/mol. The summed E-state index contributed by atoms with van der Waals surface area (Å²) in [6.07, 6.45) is 2.25. The Morgan fingerprint density at radius 2 is 2.00 bits per heavy atom. The fourth-order valence-corrected chi connectivity index (χ4v) is 2.08. The average Bonchev–Trinajstić information content (AvgIpc) is 2.49. The second kappa shape index (κ2) is 9.12. The Hall–Kier alpha value is -1.89. The lowest BCUT2D eigenvalue weighted by atomic mass is 10.2. The smallest absolute Gasteiger partial charge is 0.326 e. The maximum atomic E-state index is 11.7. The summed E-state index contributed by atoms with van der Waals surface area (Å²) in [5, 5.41) is 11.5. The Labute approximate surface area is 127 Å². The molecule has 21 heavy (non-hydrogen) atoms. The fourth-order valence-electron chi connectivity index (χ4n) is 1.61. The molecule has 1 unspecified atom stereocenters. The monoisotopic (exact) mass is 313 g/mol. The number of hydrogen-bond acceptors (Lipinski definition) is 5. The maximum absolute atomic E-state index is 11.7. The van der Waals surface area contributed by atoms with Crippen molar-refractivity contribution in [1.29, 1.82) is 0 Å². The van der Waals surface area contributed by atoms with Crippen LogP contribution < -0.4 is 14.8 Å². The minimum absolute atomic E-state index is 0.260. The van der Waals surface area contributed by atoms with E-state index >= 15 is 0 Å². The van der Waals surface area contributed by atoms with Crippen LogP contribution in [0, 0.1) is 0 Å². The van der Waals surface area contributed by atoms with Crippen molar-refractivity contribution in [2.24, 2.45) is 0 Å². The lowest BCUT2D eigenvalue weighted by molar-refractivity contribution is -0.142. The number of thioether (sulfide) groups is 1. The van der Waals surface area contributed by atoms with Gasteiger partial charge in [0.2, 0.25) is 0 Å². The number of aliphatic carboxylic acids is 1. The van der Waals surface area contributed by atoms with Gasteiger partial charge in [-0.05, 0) is 30.6 Å². The summed E-state index contributed by atoms with van der Waals surface area (Å²) >= 11 is 1.53. The second-order valence-electron chi connectivity index (χ2n) is 4.18. The molecule has 0 saturated carbocycles. The quantitative estimate of drug-likeness (QED) is 0.717. The minimum Gasteiger partial charge on any atom is -0.493 e. The summed E-state index contributed by atoms with van der Waals surface area (Å²) in [6, 6.07) is 6.04. The Morgan fingerprint density at radius 3 is 2.57 bits per heavy atom. The van der Waals surface area contributed by atoms with E-state index in [9.17, 15) is 9.59 Å². The highest BCUT2D eigenvalue weighted by molar-refractivity contribution is 7.98. The number of carboxylic acid groups (broad SMARTS) is 1. The molecule has 7 heteroatoms. The molecule has 0 fully saturated rings. The van der Waals surface area contributed by atoms with E-state index in [0.717, 1.165) is 0 Å². The molecule has 0 bridgehead atoms. The number of hydrogen-bond donors (Lipinski definition) is 2. The van der Waals surface area contributed by atoms with Crippen LogP contribution in [-0.2, 0) is 9.59 Å². The summed E-state index contributed by atoms with van der Waals surface area (Å²) in [4.78, 5) is 22.8. The molecule has 1 aromatic carbocycles. The first-order valence-electron chi connectivity index (χ1n) is 6.35. The van der Waals surface area contributed by atoms with Gasteiger partial charge in [-0.1, -0.05) is 12.1 Å². The Bertz CT molecular complexity index is 480. The third kappa shape index (κ3) is 5.95. The zero-order chi connectivity index (χ0) is 15.7. The van der Waals surface area contributed by atoms with Gasteiger partial charge in [0.05, 0.1) is 7.11 Å². The van der Waals surface area contributed by atoms with E-state index in [2.05, 4.69) is 5.32 Å². The molecule has 0 aromatic heterocycles. The van der Waals surface area contributed by atoms with Crippen LogP contribution in [-0.4, -0.2) is 48.8 Å². The number of para-hydroxylation sites is 2. The maximum Gasteiger partial charge on any atom is 0.326 e. The van der Waals surface area contributed by atoms with Gasteiger partial charge in [-0.15, -0.1) is 0 Å². The van der Waals surface area contributed by atoms with Gasteiger partial charge >= 0.3 is 5.97 Å². The summed E-state index contributed by atoms with van der Waals surface area (Å²) in [5.74, 6) is 0.0858. The first-order valence-corrected chi connectivity index (χ1v) is 7.74. The van der Waals surface area contributed by atoms with Crippen LogP contribution in [0.25, 0.3) is 0 Å². The standard InChI is InChI=1S/C14H19NO5S/c1-19-11-5-3-4-6-12(11)20-9-13(16)15-10(14(17)18)7-8-21-2/h3-6,10H,7-9H2,1-2H3,(H,15,16)(H,17,18). The largest absolute Gasteiger partial charge is 0.493 e. The molecular weight excluding hydrogens is 294 g/mol. The van der Waals surface area contributed by atoms with Gasteiger partial charge in [-0.2, -0.15) is 11.8 Å². The Balaban J connectivity index is 2.50.